The van der Waals surface area contributed by atoms with Gasteiger partial charge in [0.2, 0.25) is 5.91 Å². The second-order valence-corrected chi connectivity index (χ2v) is 9.10. The quantitative estimate of drug-likeness (QED) is 0.687. The summed E-state index contributed by atoms with van der Waals surface area (Å²) < 4.78 is 5.40. The summed E-state index contributed by atoms with van der Waals surface area (Å²) in [5.74, 6) is 0.241. The van der Waals surface area contributed by atoms with Gasteiger partial charge in [0.1, 0.15) is 12.1 Å². The second kappa shape index (κ2) is 8.37. The van der Waals surface area contributed by atoms with E-state index >= 15 is 0 Å². The molecule has 1 saturated carbocycles. The lowest BCUT2D eigenvalue weighted by Gasteiger charge is -2.36. The Morgan fingerprint density at radius 3 is 2.81 bits per heavy atom. The Kier molecular flexibility index (Phi) is 5.75. The van der Waals surface area contributed by atoms with Crippen molar-refractivity contribution < 1.29 is 18.9 Å². The highest BCUT2D eigenvalue weighted by Crippen LogP contribution is 2.38. The molecule has 9 nitrogen and oxygen atoms in total. The molecule has 170 valence electrons. The van der Waals surface area contributed by atoms with Crippen molar-refractivity contribution in [2.45, 2.75) is 64.8 Å². The molecule has 0 bridgehead atoms. The van der Waals surface area contributed by atoms with E-state index in [0.717, 1.165) is 29.7 Å². The number of hydrogen-bond donors (Lipinski definition) is 2. The van der Waals surface area contributed by atoms with Crippen LogP contribution >= 0.6 is 0 Å². The van der Waals surface area contributed by atoms with Crippen LogP contribution in [0, 0.1) is 12.8 Å². The molecule has 4 amide bonds. The van der Waals surface area contributed by atoms with E-state index in [0.29, 0.717) is 29.4 Å². The molecule has 1 aliphatic carbocycles. The lowest BCUT2D eigenvalue weighted by molar-refractivity contribution is -0.136. The Bertz CT molecular complexity index is 1060. The minimum absolute atomic E-state index is 0.0383. The molecule has 2 unspecified atom stereocenters. The first-order valence-electron chi connectivity index (χ1n) is 11.1. The normalized spacial score (nSPS) is 23.2. The summed E-state index contributed by atoms with van der Waals surface area (Å²) in [5, 5.41) is 9.72. The molecule has 2 atom stereocenters. The average molecular weight is 440 g/mol. The predicted molar refractivity (Wildman–Crippen MR) is 118 cm³/mol. The van der Waals surface area contributed by atoms with E-state index in [-0.39, 0.29) is 24.3 Å². The van der Waals surface area contributed by atoms with Gasteiger partial charge in [0.15, 0.2) is 5.82 Å². The first-order valence-corrected chi connectivity index (χ1v) is 11.1. The molecular formula is C23H29N5O4. The summed E-state index contributed by atoms with van der Waals surface area (Å²) in [6.07, 6.45) is 3.40. The zero-order chi connectivity index (χ0) is 23.0. The monoisotopic (exact) mass is 439 g/mol. The number of carbonyl (C=O) groups excluding carboxylic acids is 3. The van der Waals surface area contributed by atoms with Gasteiger partial charge in [-0.25, -0.2) is 4.79 Å². The van der Waals surface area contributed by atoms with Gasteiger partial charge in [-0.15, -0.1) is 0 Å². The molecular weight excluding hydrogens is 410 g/mol. The van der Waals surface area contributed by atoms with Crippen LogP contribution in [0.2, 0.25) is 0 Å². The first kappa shape index (κ1) is 22.0. The van der Waals surface area contributed by atoms with Crippen LogP contribution in [0.1, 0.15) is 63.8 Å². The Morgan fingerprint density at radius 1 is 1.34 bits per heavy atom. The molecule has 2 heterocycles. The number of nitrogens with zero attached hydrogens (tertiary/aromatic N) is 3. The van der Waals surface area contributed by atoms with Crippen molar-refractivity contribution in [3.05, 3.63) is 29.6 Å². The number of aryl methyl sites for hydroxylation is 1. The van der Waals surface area contributed by atoms with Gasteiger partial charge in [-0.3, -0.25) is 14.5 Å². The summed E-state index contributed by atoms with van der Waals surface area (Å²) >= 11 is 0. The number of nitrogens with one attached hydrogen (secondary N) is 2. The second-order valence-electron chi connectivity index (χ2n) is 9.10. The van der Waals surface area contributed by atoms with E-state index in [4.69, 9.17) is 4.52 Å². The van der Waals surface area contributed by atoms with Gasteiger partial charge in [-0.2, -0.15) is 4.98 Å². The average Bonchev–Trinajstić information content (AvgIpc) is 3.32. The smallest absolute Gasteiger partial charge is 0.325 e. The Labute approximate surface area is 186 Å². The summed E-state index contributed by atoms with van der Waals surface area (Å²) in [5.41, 5.74) is 1.02. The van der Waals surface area contributed by atoms with E-state index in [2.05, 4.69) is 20.8 Å². The lowest BCUT2D eigenvalue weighted by atomic mass is 9.73. The van der Waals surface area contributed by atoms with Gasteiger partial charge in [0.05, 0.1) is 11.3 Å². The van der Waals surface area contributed by atoms with Crippen LogP contribution in [0.4, 0.5) is 10.5 Å². The maximum absolute atomic E-state index is 13.1. The number of amides is 4. The molecule has 1 spiro atoms. The molecule has 2 fully saturated rings. The van der Waals surface area contributed by atoms with Crippen molar-refractivity contribution >= 4 is 23.5 Å². The fraction of sp³-hybridized carbons (Fsp3) is 0.522. The third kappa shape index (κ3) is 3.76. The summed E-state index contributed by atoms with van der Waals surface area (Å²) in [6, 6.07) is 4.96. The predicted octanol–water partition coefficient (Wildman–Crippen LogP) is 3.61. The maximum Gasteiger partial charge on any atom is 0.325 e. The van der Waals surface area contributed by atoms with Gasteiger partial charge in [-0.05, 0) is 37.3 Å². The molecule has 2 aromatic rings. The molecule has 2 N–H and O–H groups in total. The highest BCUT2D eigenvalue weighted by atomic mass is 16.5. The van der Waals surface area contributed by atoms with Gasteiger partial charge < -0.3 is 15.2 Å². The zero-order valence-electron chi connectivity index (χ0n) is 18.9. The van der Waals surface area contributed by atoms with E-state index < -0.39 is 17.5 Å². The standard InChI is InChI=1S/C23H29N5O4/c1-13(2)19-25-20(32-27-19)16-10-7-8-14(3)18(16)24-17(29)12-28-21(30)23(26-22(28)31)11-6-5-9-15(23)4/h7-8,10,13,15H,5-6,9,11-12H2,1-4H3,(H,24,29)(H,26,31). The van der Waals surface area contributed by atoms with Crippen molar-refractivity contribution in [2.75, 3.05) is 11.9 Å². The molecule has 32 heavy (non-hydrogen) atoms. The largest absolute Gasteiger partial charge is 0.334 e. The third-order valence-electron chi connectivity index (χ3n) is 6.53. The number of imide groups is 1. The first-order chi connectivity index (χ1) is 15.2. The number of hydrogen-bond acceptors (Lipinski definition) is 6. The third-order valence-corrected chi connectivity index (χ3v) is 6.53. The van der Waals surface area contributed by atoms with Crippen molar-refractivity contribution in [3.8, 4) is 11.5 Å². The summed E-state index contributed by atoms with van der Waals surface area (Å²) in [7, 11) is 0. The Balaban J connectivity index is 1.54. The van der Waals surface area contributed by atoms with Crippen molar-refractivity contribution in [1.82, 2.24) is 20.4 Å². The summed E-state index contributed by atoms with van der Waals surface area (Å²) in [6.45, 7) is 7.41. The zero-order valence-corrected chi connectivity index (χ0v) is 18.9. The van der Waals surface area contributed by atoms with Crippen LogP contribution < -0.4 is 10.6 Å². The van der Waals surface area contributed by atoms with Crippen LogP contribution in [0.25, 0.3) is 11.5 Å². The molecule has 1 aromatic heterocycles. The Morgan fingerprint density at radius 2 is 2.12 bits per heavy atom. The fourth-order valence-electron chi connectivity index (χ4n) is 4.55. The minimum Gasteiger partial charge on any atom is -0.334 e. The molecule has 0 radical (unpaired) electrons. The van der Waals surface area contributed by atoms with Gasteiger partial charge in [-0.1, -0.05) is 50.9 Å². The van der Waals surface area contributed by atoms with Crippen LogP contribution in [0.3, 0.4) is 0 Å². The number of anilines is 1. The van der Waals surface area contributed by atoms with Crippen LogP contribution in [0.5, 0.6) is 0 Å². The number of rotatable bonds is 5. The lowest BCUT2D eigenvalue weighted by Crippen LogP contribution is -2.54. The number of benzene rings is 1. The van der Waals surface area contributed by atoms with E-state index in [9.17, 15) is 14.4 Å². The highest BCUT2D eigenvalue weighted by molar-refractivity contribution is 6.10. The minimum atomic E-state index is -0.888. The fourth-order valence-corrected chi connectivity index (χ4v) is 4.55. The number of urea groups is 1. The van der Waals surface area contributed by atoms with Crippen molar-refractivity contribution in [2.24, 2.45) is 5.92 Å². The van der Waals surface area contributed by atoms with E-state index in [1.807, 2.05) is 39.8 Å². The molecule has 1 aliphatic heterocycles. The highest BCUT2D eigenvalue weighted by Gasteiger charge is 2.55. The van der Waals surface area contributed by atoms with E-state index in [1.165, 1.54) is 0 Å². The Hall–Kier alpha value is -3.23. The van der Waals surface area contributed by atoms with Crippen LogP contribution in [0.15, 0.2) is 22.7 Å². The molecule has 2 aliphatic rings. The SMILES string of the molecule is Cc1cccc(-c2nc(C(C)C)no2)c1NC(=O)CN1C(=O)NC2(CCCCC2C)C1=O. The molecule has 9 heteroatoms. The van der Waals surface area contributed by atoms with Crippen LogP contribution in [-0.2, 0) is 9.59 Å². The van der Waals surface area contributed by atoms with Crippen molar-refractivity contribution in [1.29, 1.82) is 0 Å². The van der Waals surface area contributed by atoms with Crippen LogP contribution in [-0.4, -0.2) is 45.0 Å². The van der Waals surface area contributed by atoms with Gasteiger partial charge in [0.25, 0.3) is 11.8 Å². The number of aromatic nitrogens is 2. The molecule has 4 rings (SSSR count). The van der Waals surface area contributed by atoms with Gasteiger partial charge in [0, 0.05) is 5.92 Å². The number of para-hydroxylation sites is 1. The molecule has 1 saturated heterocycles. The summed E-state index contributed by atoms with van der Waals surface area (Å²) in [4.78, 5) is 44.1. The van der Waals surface area contributed by atoms with E-state index in [1.54, 1.807) is 6.07 Å². The van der Waals surface area contributed by atoms with Gasteiger partial charge >= 0.3 is 6.03 Å². The topological polar surface area (TPSA) is 117 Å². The van der Waals surface area contributed by atoms with Crippen molar-refractivity contribution in [3.63, 3.8) is 0 Å². The molecule has 1 aromatic carbocycles. The maximum atomic E-state index is 13.1. The number of carbonyl (C=O) groups is 3.